The Hall–Kier alpha value is -4.05. The number of aromatic hydroxyl groups is 1. The Bertz CT molecular complexity index is 1700. The molecule has 49 heavy (non-hydrogen) atoms. The third kappa shape index (κ3) is 9.56. The molecule has 1 aliphatic heterocycles. The van der Waals surface area contributed by atoms with Crippen molar-refractivity contribution < 1.29 is 33.0 Å². The second kappa shape index (κ2) is 16.6. The predicted molar refractivity (Wildman–Crippen MR) is 187 cm³/mol. The summed E-state index contributed by atoms with van der Waals surface area (Å²) in [7, 11) is -4.23. The lowest BCUT2D eigenvalue weighted by Crippen LogP contribution is -2.57. The van der Waals surface area contributed by atoms with Gasteiger partial charge in [0.1, 0.15) is 11.8 Å². The van der Waals surface area contributed by atoms with Gasteiger partial charge in [0.25, 0.3) is 0 Å². The normalized spacial score (nSPS) is 15.6. The van der Waals surface area contributed by atoms with E-state index in [1.807, 2.05) is 70.3 Å². The molecule has 1 aliphatic rings. The van der Waals surface area contributed by atoms with E-state index in [2.05, 4.69) is 15.6 Å². The van der Waals surface area contributed by atoms with Crippen molar-refractivity contribution in [1.29, 1.82) is 0 Å². The number of amides is 4. The molecule has 1 unspecified atom stereocenters. The summed E-state index contributed by atoms with van der Waals surface area (Å²) in [5, 5.41) is 29.9. The number of hydrogen-bond acceptors (Lipinski definition) is 9. The molecule has 1 aromatic heterocycles. The van der Waals surface area contributed by atoms with Crippen molar-refractivity contribution in [3.63, 3.8) is 0 Å². The molecule has 3 aromatic rings. The van der Waals surface area contributed by atoms with Crippen LogP contribution in [0, 0.1) is 18.8 Å². The molecule has 3 atom stereocenters. The van der Waals surface area contributed by atoms with E-state index in [9.17, 15) is 33.0 Å². The molecule has 0 radical (unpaired) electrons. The van der Waals surface area contributed by atoms with Crippen LogP contribution in [0.4, 0.5) is 10.5 Å². The molecule has 0 saturated carbocycles. The molecule has 1 saturated heterocycles. The van der Waals surface area contributed by atoms with Crippen LogP contribution in [-0.4, -0.2) is 100 Å². The third-order valence-electron chi connectivity index (χ3n) is 8.25. The monoisotopic (exact) mass is 714 g/mol. The third-order valence-corrected chi connectivity index (χ3v) is 10.9. The Morgan fingerprint density at radius 3 is 2.43 bits per heavy atom. The fraction of sp³-hybridized carbons (Fsp3) is 0.471. The number of rotatable bonds is 17. The molecule has 1 fully saturated rings. The zero-order valence-corrected chi connectivity index (χ0v) is 30.1. The maximum Gasteiger partial charge on any atom is 0.321 e. The summed E-state index contributed by atoms with van der Waals surface area (Å²) in [5.74, 6) is -1.14. The lowest BCUT2D eigenvalue weighted by molar-refractivity contribution is -0.128. The molecule has 4 N–H and O–H groups in total. The van der Waals surface area contributed by atoms with E-state index in [4.69, 9.17) is 0 Å². The molecule has 15 heteroatoms. The number of urea groups is 1. The Kier molecular flexibility index (Phi) is 12.8. The summed E-state index contributed by atoms with van der Waals surface area (Å²) >= 11 is 1.51. The second-order valence-electron chi connectivity index (χ2n) is 13.0. The number of phenols is 1. The number of aromatic nitrogens is 1. The van der Waals surface area contributed by atoms with Gasteiger partial charge in [-0.3, -0.25) is 9.59 Å². The smallest absolute Gasteiger partial charge is 0.321 e. The van der Waals surface area contributed by atoms with Gasteiger partial charge in [-0.15, -0.1) is 11.3 Å². The number of anilines is 1. The highest BCUT2D eigenvalue weighted by atomic mass is 32.2. The Labute approximate surface area is 292 Å². The standard InChI is InChI=1S/C34H46N6O7S2/c1-22(2)17-39(49(46,47)27-11-12-30(42)28(16-27)35-21-41)19-31(43)29(15-25-9-7-6-8-10-25)37-33(44)32(23(3)4)40-14-13-38(34(40)45)18-26-20-48-24(5)36-26/h6-12,16,20-23,29,31-32,42-43H,13-15,17-19H2,1-5H3,(H,35,41)(H,37,44)/t29-,31+,32?/m0/s1. The van der Waals surface area contributed by atoms with Gasteiger partial charge in [-0.1, -0.05) is 58.0 Å². The number of aryl methyl sites for hydroxylation is 1. The minimum Gasteiger partial charge on any atom is -0.506 e. The SMILES string of the molecule is Cc1nc(CN2CCN(C(C(=O)N[C@@H](Cc3ccccc3)[C@H](O)CN(CC(C)C)S(=O)(=O)c3ccc(O)c(NC=O)c3)C(C)C)C2=O)cs1. The molecule has 0 bridgehead atoms. The van der Waals surface area contributed by atoms with Crippen LogP contribution in [0.3, 0.4) is 0 Å². The molecular formula is C34H46N6O7S2. The van der Waals surface area contributed by atoms with Gasteiger partial charge in [0.05, 0.1) is 40.0 Å². The lowest BCUT2D eigenvalue weighted by atomic mass is 9.97. The van der Waals surface area contributed by atoms with E-state index in [0.29, 0.717) is 26.0 Å². The fourth-order valence-corrected chi connectivity index (χ4v) is 8.18. The van der Waals surface area contributed by atoms with Gasteiger partial charge in [-0.05, 0) is 48.9 Å². The van der Waals surface area contributed by atoms with Gasteiger partial charge in [0, 0.05) is 31.6 Å². The first kappa shape index (κ1) is 37.8. The van der Waals surface area contributed by atoms with Gasteiger partial charge < -0.3 is 30.6 Å². The molecular weight excluding hydrogens is 669 g/mol. The van der Waals surface area contributed by atoms with E-state index in [-0.39, 0.29) is 53.7 Å². The number of thiazole rings is 1. The van der Waals surface area contributed by atoms with Crippen molar-refractivity contribution in [2.24, 2.45) is 11.8 Å². The number of sulfonamides is 1. The molecule has 2 aromatic carbocycles. The van der Waals surface area contributed by atoms with Crippen LogP contribution in [0.25, 0.3) is 0 Å². The van der Waals surface area contributed by atoms with Gasteiger partial charge >= 0.3 is 6.03 Å². The first-order chi connectivity index (χ1) is 23.2. The molecule has 266 valence electrons. The summed E-state index contributed by atoms with van der Waals surface area (Å²) < 4.78 is 29.0. The van der Waals surface area contributed by atoms with Crippen molar-refractivity contribution in [3.05, 3.63) is 70.2 Å². The number of aliphatic hydroxyl groups excluding tert-OH is 1. The summed E-state index contributed by atoms with van der Waals surface area (Å²) in [6.45, 7) is 10.1. The van der Waals surface area contributed by atoms with E-state index in [1.165, 1.54) is 23.5 Å². The van der Waals surface area contributed by atoms with E-state index in [0.717, 1.165) is 26.6 Å². The number of phenolic OH excluding ortho intramolecular Hbond substituents is 1. The fourth-order valence-electron chi connectivity index (χ4n) is 5.92. The minimum absolute atomic E-state index is 0.0496. The topological polar surface area (TPSA) is 172 Å². The molecule has 4 amide bonds. The molecule has 4 rings (SSSR count). The van der Waals surface area contributed by atoms with Crippen molar-refractivity contribution >= 4 is 45.4 Å². The van der Waals surface area contributed by atoms with Crippen LogP contribution >= 0.6 is 11.3 Å². The van der Waals surface area contributed by atoms with Crippen LogP contribution < -0.4 is 10.6 Å². The molecule has 13 nitrogen and oxygen atoms in total. The van der Waals surface area contributed by atoms with Crippen LogP contribution in [0.1, 0.15) is 44.0 Å². The van der Waals surface area contributed by atoms with Crippen molar-refractivity contribution in [1.82, 2.24) is 24.4 Å². The Morgan fingerprint density at radius 2 is 1.82 bits per heavy atom. The van der Waals surface area contributed by atoms with Crippen LogP contribution in [0.5, 0.6) is 5.75 Å². The maximum atomic E-state index is 14.1. The predicted octanol–water partition coefficient (Wildman–Crippen LogP) is 3.42. The first-order valence-electron chi connectivity index (χ1n) is 16.2. The van der Waals surface area contributed by atoms with Gasteiger partial charge in [-0.2, -0.15) is 4.31 Å². The van der Waals surface area contributed by atoms with Crippen LogP contribution in [0.2, 0.25) is 0 Å². The highest BCUT2D eigenvalue weighted by Crippen LogP contribution is 2.29. The van der Waals surface area contributed by atoms with Crippen LogP contribution in [-0.2, 0) is 32.6 Å². The molecule has 0 spiro atoms. The van der Waals surface area contributed by atoms with Crippen molar-refractivity contribution in [2.75, 3.05) is 31.5 Å². The average Bonchev–Trinajstić information content (AvgIpc) is 3.62. The Balaban J connectivity index is 1.59. The van der Waals surface area contributed by atoms with E-state index < -0.39 is 34.1 Å². The lowest BCUT2D eigenvalue weighted by Gasteiger charge is -2.34. The van der Waals surface area contributed by atoms with Gasteiger partial charge in [0.15, 0.2) is 0 Å². The summed E-state index contributed by atoms with van der Waals surface area (Å²) in [6.07, 6.45) is -0.824. The maximum absolute atomic E-state index is 14.1. The van der Waals surface area contributed by atoms with Crippen molar-refractivity contribution in [3.8, 4) is 5.75 Å². The molecule has 0 aliphatic carbocycles. The number of carbonyl (C=O) groups excluding carboxylic acids is 3. The second-order valence-corrected chi connectivity index (χ2v) is 16.0. The number of nitrogens with one attached hydrogen (secondary N) is 2. The Morgan fingerprint density at radius 1 is 1.10 bits per heavy atom. The minimum atomic E-state index is -4.23. The zero-order chi connectivity index (χ0) is 35.9. The van der Waals surface area contributed by atoms with Gasteiger partial charge in [-0.25, -0.2) is 18.2 Å². The van der Waals surface area contributed by atoms with E-state index in [1.54, 1.807) is 9.80 Å². The zero-order valence-electron chi connectivity index (χ0n) is 28.4. The molecule has 2 heterocycles. The summed E-state index contributed by atoms with van der Waals surface area (Å²) in [4.78, 5) is 46.1. The largest absolute Gasteiger partial charge is 0.506 e. The van der Waals surface area contributed by atoms with Crippen molar-refractivity contribution in [2.45, 2.75) is 70.7 Å². The van der Waals surface area contributed by atoms with Gasteiger partial charge in [0.2, 0.25) is 22.3 Å². The number of hydrogen-bond donors (Lipinski definition) is 4. The van der Waals surface area contributed by atoms with E-state index >= 15 is 0 Å². The highest BCUT2D eigenvalue weighted by Gasteiger charge is 2.40. The quantitative estimate of drug-likeness (QED) is 0.122. The average molecular weight is 715 g/mol. The number of benzene rings is 2. The van der Waals surface area contributed by atoms with Crippen LogP contribution in [0.15, 0.2) is 58.8 Å². The summed E-state index contributed by atoms with van der Waals surface area (Å²) in [6, 6.07) is 10.8. The number of nitrogens with zero attached hydrogens (tertiary/aromatic N) is 4. The highest BCUT2D eigenvalue weighted by molar-refractivity contribution is 7.89. The summed E-state index contributed by atoms with van der Waals surface area (Å²) in [5.41, 5.74) is 1.53. The number of aliphatic hydroxyl groups is 1. The first-order valence-corrected chi connectivity index (χ1v) is 18.6. The number of carbonyl (C=O) groups is 3.